The predicted octanol–water partition coefficient (Wildman–Crippen LogP) is 31.7. The van der Waals surface area contributed by atoms with Crippen LogP contribution < -0.4 is 9.80 Å². The number of anilines is 6. The Morgan fingerprint density at radius 3 is 1.25 bits per heavy atom. The van der Waals surface area contributed by atoms with E-state index >= 15 is 0 Å². The molecule has 0 bridgehead atoms. The third-order valence-electron chi connectivity index (χ3n) is 24.6. The van der Waals surface area contributed by atoms with E-state index in [1.165, 1.54) is 77.6 Å². The Hall–Kier alpha value is -13.3. The molecule has 0 saturated carbocycles. The van der Waals surface area contributed by atoms with Crippen molar-refractivity contribution < 1.29 is 0 Å². The molecular weight excluding hydrogens is 1400 g/mol. The van der Waals surface area contributed by atoms with E-state index in [9.17, 15) is 0 Å². The van der Waals surface area contributed by atoms with Gasteiger partial charge in [-0.25, -0.2) is 0 Å². The second kappa shape index (κ2) is 31.6. The highest BCUT2D eigenvalue weighted by Gasteiger charge is 2.32. The van der Waals surface area contributed by atoms with Gasteiger partial charge >= 0.3 is 0 Å². The van der Waals surface area contributed by atoms with Crippen molar-refractivity contribution in [3.05, 3.63) is 411 Å². The van der Waals surface area contributed by atoms with Crippen LogP contribution in [0.3, 0.4) is 0 Å². The molecule has 0 saturated heterocycles. The van der Waals surface area contributed by atoms with Crippen LogP contribution in [-0.4, -0.2) is 9.13 Å². The number of allylic oxidation sites excluding steroid dienone is 5. The van der Waals surface area contributed by atoms with Gasteiger partial charge in [0.25, 0.3) is 0 Å². The molecule has 4 nitrogen and oxygen atoms in total. The fourth-order valence-corrected chi connectivity index (χ4v) is 18.2. The summed E-state index contributed by atoms with van der Waals surface area (Å²) in [5, 5.41) is 8.22. The molecule has 116 heavy (non-hydrogen) atoms. The minimum absolute atomic E-state index is 0.171. The summed E-state index contributed by atoms with van der Waals surface area (Å²) in [6.45, 7) is 22.8. The monoisotopic (exact) mass is 1500 g/mol. The molecular formula is C112H98N4. The number of hydrogen-bond donors (Lipinski definition) is 0. The summed E-state index contributed by atoms with van der Waals surface area (Å²) >= 11 is 0. The Morgan fingerprint density at radius 1 is 0.371 bits per heavy atom. The Bertz CT molecular complexity index is 6570. The second-order valence-corrected chi connectivity index (χ2v) is 32.8. The Labute approximate surface area is 684 Å². The molecule has 0 amide bonds. The molecule has 1 aliphatic rings. The lowest BCUT2D eigenvalue weighted by Crippen LogP contribution is -2.19. The third-order valence-corrected chi connectivity index (χ3v) is 24.6. The Kier molecular flexibility index (Phi) is 20.2. The van der Waals surface area contributed by atoms with Crippen molar-refractivity contribution in [2.24, 2.45) is 0 Å². The van der Waals surface area contributed by atoms with Gasteiger partial charge in [0.05, 0.1) is 27.9 Å². The van der Waals surface area contributed by atoms with Crippen LogP contribution in [-0.2, 0) is 17.3 Å². The van der Waals surface area contributed by atoms with Gasteiger partial charge in [0.2, 0.25) is 0 Å². The SMILES string of the molecule is C=CC=C(C=C)c1ccc2c(c1)c1cc(-c3ccccc3)ccc1n2-c1cccc(N(c2ccc(-c3ccccc3)cc2)c2c3ccc(C(C)(C)CCCC)cc3c(N(c3ccc(-c4ccccc4)cc3)c3cccc(-n4c5c(c6cc(-c7ccccc7)ccc64)CC(c4ccccc4)C=C5)c3)c3ccc(C(C)(C)CCCC)cc23)c1. The predicted molar refractivity (Wildman–Crippen MR) is 499 cm³/mol. The van der Waals surface area contributed by atoms with Crippen LogP contribution in [0.1, 0.15) is 119 Å². The van der Waals surface area contributed by atoms with Crippen molar-refractivity contribution in [3.8, 4) is 55.9 Å². The van der Waals surface area contributed by atoms with Crippen LogP contribution >= 0.6 is 0 Å². The number of unbranched alkanes of at least 4 members (excludes halogenated alkanes) is 2. The quantitative estimate of drug-likeness (QED) is 0.0341. The number of aromatic nitrogens is 2. The number of hydrogen-bond acceptors (Lipinski definition) is 2. The fourth-order valence-electron chi connectivity index (χ4n) is 18.2. The first-order valence-corrected chi connectivity index (χ1v) is 41.6. The lowest BCUT2D eigenvalue weighted by atomic mass is 9.78. The summed E-state index contributed by atoms with van der Waals surface area (Å²) in [5.41, 5.74) is 29.7. The molecule has 0 N–H and O–H groups in total. The molecule has 2 aromatic heterocycles. The Balaban J connectivity index is 0.925. The van der Waals surface area contributed by atoms with Gasteiger partial charge in [0.15, 0.2) is 0 Å². The summed E-state index contributed by atoms with van der Waals surface area (Å²) < 4.78 is 5.03. The zero-order valence-electron chi connectivity index (χ0n) is 67.4. The van der Waals surface area contributed by atoms with Crippen LogP contribution in [0.2, 0.25) is 0 Å². The highest BCUT2D eigenvalue weighted by atomic mass is 15.2. The smallest absolute Gasteiger partial charge is 0.0620 e. The molecule has 18 rings (SSSR count). The van der Waals surface area contributed by atoms with Crippen LogP contribution in [0.15, 0.2) is 377 Å². The lowest BCUT2D eigenvalue weighted by molar-refractivity contribution is 0.458. The van der Waals surface area contributed by atoms with E-state index in [4.69, 9.17) is 0 Å². The topological polar surface area (TPSA) is 16.3 Å². The average molecular weight is 1500 g/mol. The molecule has 0 fully saturated rings. The number of rotatable bonds is 24. The third kappa shape index (κ3) is 14.0. The van der Waals surface area contributed by atoms with Gasteiger partial charge < -0.3 is 18.9 Å². The van der Waals surface area contributed by atoms with E-state index < -0.39 is 0 Å². The van der Waals surface area contributed by atoms with Crippen LogP contribution in [0.4, 0.5) is 34.1 Å². The Morgan fingerprint density at radius 2 is 0.784 bits per heavy atom. The summed E-state index contributed by atoms with van der Waals surface area (Å²) in [4.78, 5) is 5.22. The standard InChI is InChI=1S/C112H98N4/c1-9-13-67-111(5,6)89-56-62-98-103(73-89)109(113(91-57-47-83(48-58-91)78-33-20-15-21-34-78)93-43-30-45-95(75-93)115-105-63-51-85(77(12-4)32-11-3)69-99(105)100-70-86(52-64-106(100)115)80-37-24-17-25-38-80)97-61-55-90(112(7,8)68-14-10-2)74-104(97)110(98)114(92-59-49-84(50-60-92)79-35-22-16-23-36-79)94-44-31-46-96(76-94)116-107-65-53-87(81-39-26-18-27-40-81)71-101(107)102-72-88(54-66-108(102)116)82-41-28-19-29-42-82/h11-12,15-66,69-71,73-76,88H,3-4,9-10,13-14,67-68,72H2,1-2,5-8H3. The normalized spacial score (nSPS) is 13.1. The van der Waals surface area contributed by atoms with Gasteiger partial charge in [0.1, 0.15) is 0 Å². The molecule has 1 atom stereocenters. The van der Waals surface area contributed by atoms with E-state index in [0.29, 0.717) is 0 Å². The van der Waals surface area contributed by atoms with Gasteiger partial charge in [-0.05, 0) is 223 Å². The molecule has 2 heterocycles. The van der Waals surface area contributed by atoms with E-state index in [1.54, 1.807) is 0 Å². The van der Waals surface area contributed by atoms with Crippen molar-refractivity contribution >= 4 is 100 Å². The van der Waals surface area contributed by atoms with E-state index in [2.05, 4.69) is 426 Å². The maximum atomic E-state index is 4.26. The van der Waals surface area contributed by atoms with Crippen LogP contribution in [0.5, 0.6) is 0 Å². The maximum absolute atomic E-state index is 4.26. The van der Waals surface area contributed by atoms with Crippen LogP contribution in [0.25, 0.3) is 122 Å². The minimum Gasteiger partial charge on any atom is -0.310 e. The molecule has 4 heteroatoms. The number of benzene rings is 15. The first kappa shape index (κ1) is 74.2. The van der Waals surface area contributed by atoms with Crippen LogP contribution in [0, 0.1) is 0 Å². The first-order valence-electron chi connectivity index (χ1n) is 41.6. The van der Waals surface area contributed by atoms with Crippen molar-refractivity contribution in [2.45, 2.75) is 103 Å². The largest absolute Gasteiger partial charge is 0.310 e. The molecule has 0 radical (unpaired) electrons. The van der Waals surface area contributed by atoms with Crippen molar-refractivity contribution in [1.82, 2.24) is 9.13 Å². The van der Waals surface area contributed by atoms with Gasteiger partial charge in [-0.1, -0.05) is 335 Å². The molecule has 0 aliphatic heterocycles. The summed E-state index contributed by atoms with van der Waals surface area (Å²) in [7, 11) is 0. The van der Waals surface area contributed by atoms with Crippen molar-refractivity contribution in [1.29, 1.82) is 0 Å². The molecule has 1 aliphatic carbocycles. The van der Waals surface area contributed by atoms with Gasteiger partial charge in [-0.2, -0.15) is 0 Å². The fraction of sp³-hybridized carbons (Fsp3) is 0.143. The maximum Gasteiger partial charge on any atom is 0.0620 e. The molecule has 1 unspecified atom stereocenters. The summed E-state index contributed by atoms with van der Waals surface area (Å²) in [5.74, 6) is 0.233. The van der Waals surface area contributed by atoms with E-state index in [0.717, 1.165) is 151 Å². The van der Waals surface area contributed by atoms with E-state index in [1.807, 2.05) is 18.2 Å². The number of nitrogens with zero attached hydrogens (tertiary/aromatic N) is 4. The second-order valence-electron chi connectivity index (χ2n) is 32.8. The van der Waals surface area contributed by atoms with Crippen molar-refractivity contribution in [2.75, 3.05) is 9.80 Å². The molecule has 15 aromatic carbocycles. The summed E-state index contributed by atoms with van der Waals surface area (Å²) in [6, 6.07) is 128. The number of fused-ring (bicyclic) bond motifs is 8. The lowest BCUT2D eigenvalue weighted by Gasteiger charge is -2.35. The highest BCUT2D eigenvalue weighted by Crippen LogP contribution is 2.55. The van der Waals surface area contributed by atoms with Crippen molar-refractivity contribution in [3.63, 3.8) is 0 Å². The zero-order chi connectivity index (χ0) is 79.0. The molecule has 0 spiro atoms. The van der Waals surface area contributed by atoms with Gasteiger partial charge in [-0.15, -0.1) is 0 Å². The van der Waals surface area contributed by atoms with Gasteiger partial charge in [-0.3, -0.25) is 0 Å². The highest BCUT2D eigenvalue weighted by molar-refractivity contribution is 6.24. The van der Waals surface area contributed by atoms with Gasteiger partial charge in [0, 0.05) is 83.4 Å². The minimum atomic E-state index is -0.173. The van der Waals surface area contributed by atoms with E-state index in [-0.39, 0.29) is 16.7 Å². The molecule has 17 aromatic rings. The zero-order valence-corrected chi connectivity index (χ0v) is 67.4. The first-order chi connectivity index (χ1) is 56.8. The average Bonchev–Trinajstić information content (AvgIpc) is 0.902. The molecule has 566 valence electrons. The summed E-state index contributed by atoms with van der Waals surface area (Å²) in [6.07, 6.45) is 18.1.